The lowest BCUT2D eigenvalue weighted by Gasteiger charge is -2.38. The predicted octanol–water partition coefficient (Wildman–Crippen LogP) is 1.05. The summed E-state index contributed by atoms with van der Waals surface area (Å²) in [7, 11) is 0. The molecule has 1 fully saturated rings. The topological polar surface area (TPSA) is 112 Å². The fraction of sp³-hybridized carbons (Fsp3) is 0.400. The normalized spacial score (nSPS) is 17.4. The number of aliphatic hydroxyl groups excluding tert-OH is 1. The van der Waals surface area contributed by atoms with Gasteiger partial charge in [0.25, 0.3) is 5.09 Å². The molecule has 0 saturated carbocycles. The van der Waals surface area contributed by atoms with E-state index in [1.165, 1.54) is 11.1 Å². The number of hydrogen-bond acceptors (Lipinski definition) is 6. The molecule has 0 aliphatic carbocycles. The van der Waals surface area contributed by atoms with Crippen molar-refractivity contribution in [1.29, 1.82) is 0 Å². The summed E-state index contributed by atoms with van der Waals surface area (Å²) in [6.45, 7) is 3.11. The number of anilines is 1. The molecule has 1 aliphatic rings. The largest absolute Gasteiger partial charge is 0.396 e. The van der Waals surface area contributed by atoms with Crippen molar-refractivity contribution in [2.45, 2.75) is 12.5 Å². The fourth-order valence-electron chi connectivity index (χ4n) is 2.82. The molecule has 23 heavy (non-hydrogen) atoms. The van der Waals surface area contributed by atoms with E-state index in [0.29, 0.717) is 6.04 Å². The maximum Gasteiger partial charge on any atom is 0.291 e. The summed E-state index contributed by atoms with van der Waals surface area (Å²) in [5.41, 5.74) is 2.26. The molecule has 0 bridgehead atoms. The number of para-hydroxylation sites is 1. The second kappa shape index (κ2) is 8.25. The van der Waals surface area contributed by atoms with Crippen LogP contribution in [0.4, 0.5) is 5.69 Å². The number of aliphatic hydroxyl groups is 1. The maximum atomic E-state index is 9.23. The van der Waals surface area contributed by atoms with Crippen molar-refractivity contribution in [3.05, 3.63) is 46.6 Å². The molecule has 2 heterocycles. The molecule has 1 aromatic heterocycles. The van der Waals surface area contributed by atoms with Crippen molar-refractivity contribution in [2.24, 2.45) is 0 Å². The number of aromatic nitrogens is 1. The molecule has 1 saturated heterocycles. The zero-order valence-corrected chi connectivity index (χ0v) is 12.6. The van der Waals surface area contributed by atoms with Crippen LogP contribution >= 0.6 is 0 Å². The van der Waals surface area contributed by atoms with E-state index in [9.17, 15) is 5.11 Å². The van der Waals surface area contributed by atoms with E-state index in [4.69, 9.17) is 15.3 Å². The summed E-state index contributed by atoms with van der Waals surface area (Å²) in [5, 5.41) is 27.5. The zero-order chi connectivity index (χ0) is 16.7. The van der Waals surface area contributed by atoms with Crippen molar-refractivity contribution in [2.75, 3.05) is 31.1 Å². The first-order chi connectivity index (χ1) is 11.1. The van der Waals surface area contributed by atoms with E-state index in [1.807, 2.05) is 18.3 Å². The second-order valence-corrected chi connectivity index (χ2v) is 5.15. The molecular weight excluding hydrogens is 300 g/mol. The number of nitrogens with one attached hydrogen (secondary N) is 1. The van der Waals surface area contributed by atoms with Gasteiger partial charge in [0.1, 0.15) is 0 Å². The number of fused-ring (bicyclic) bond motifs is 1. The Morgan fingerprint density at radius 2 is 2.13 bits per heavy atom. The molecule has 0 spiro atoms. The number of rotatable bonds is 3. The van der Waals surface area contributed by atoms with Gasteiger partial charge in [-0.05, 0) is 18.6 Å². The highest BCUT2D eigenvalue weighted by Gasteiger charge is 2.23. The molecule has 2 aromatic rings. The number of pyridine rings is 1. The van der Waals surface area contributed by atoms with E-state index < -0.39 is 5.09 Å². The minimum atomic E-state index is -1.50. The predicted molar refractivity (Wildman–Crippen MR) is 86.2 cm³/mol. The van der Waals surface area contributed by atoms with Crippen LogP contribution in [0.1, 0.15) is 6.42 Å². The van der Waals surface area contributed by atoms with E-state index >= 15 is 0 Å². The maximum absolute atomic E-state index is 9.23. The summed E-state index contributed by atoms with van der Waals surface area (Å²) < 4.78 is 0. The molecule has 0 amide bonds. The van der Waals surface area contributed by atoms with Gasteiger partial charge in [-0.25, -0.2) is 0 Å². The van der Waals surface area contributed by atoms with Crippen LogP contribution in [0.5, 0.6) is 0 Å². The lowest BCUT2D eigenvalue weighted by Crippen LogP contribution is -2.51. The monoisotopic (exact) mass is 320 g/mol. The number of hydrogen-bond donors (Lipinski definition) is 3. The Bertz CT molecular complexity index is 641. The highest BCUT2D eigenvalue weighted by molar-refractivity contribution is 5.91. The van der Waals surface area contributed by atoms with Gasteiger partial charge < -0.3 is 20.5 Å². The highest BCUT2D eigenvalue weighted by Crippen LogP contribution is 2.27. The molecule has 1 unspecified atom stereocenters. The highest BCUT2D eigenvalue weighted by atomic mass is 16.9. The average Bonchev–Trinajstić information content (AvgIpc) is 2.55. The standard InChI is InChI=1S/C15H19N3O.HNO3/c19-10-6-12-11-16-8-9-18(12)15-5-7-17-14-4-2-1-3-13(14)15;2-1(3)4/h1-5,7,12,16,19H,6,8-11H2;(H,2,3,4). The van der Waals surface area contributed by atoms with Crippen molar-refractivity contribution < 1.29 is 15.4 Å². The minimum absolute atomic E-state index is 0.228. The summed E-state index contributed by atoms with van der Waals surface area (Å²) in [4.78, 5) is 15.2. The van der Waals surface area contributed by atoms with Gasteiger partial charge in [0.2, 0.25) is 0 Å². The van der Waals surface area contributed by atoms with Crippen LogP contribution in [0.25, 0.3) is 10.9 Å². The Labute approximate surface area is 133 Å². The SMILES string of the molecule is O=[N+]([O-])O.OCCC1CNCCN1c1ccnc2ccccc12. The van der Waals surface area contributed by atoms with E-state index in [2.05, 4.69) is 33.4 Å². The van der Waals surface area contributed by atoms with Gasteiger partial charge in [0, 0.05) is 49.6 Å². The van der Waals surface area contributed by atoms with Crippen molar-refractivity contribution in [3.8, 4) is 0 Å². The smallest absolute Gasteiger partial charge is 0.291 e. The van der Waals surface area contributed by atoms with Gasteiger partial charge in [-0.3, -0.25) is 4.98 Å². The van der Waals surface area contributed by atoms with Gasteiger partial charge in [-0.2, -0.15) is 0 Å². The number of benzene rings is 1. The second-order valence-electron chi connectivity index (χ2n) is 5.15. The van der Waals surface area contributed by atoms with Crippen LogP contribution in [0.3, 0.4) is 0 Å². The lowest BCUT2D eigenvalue weighted by molar-refractivity contribution is -0.742. The van der Waals surface area contributed by atoms with Crippen molar-refractivity contribution >= 4 is 16.6 Å². The van der Waals surface area contributed by atoms with E-state index in [1.54, 1.807) is 0 Å². The molecule has 1 aromatic carbocycles. The lowest BCUT2D eigenvalue weighted by atomic mass is 10.1. The van der Waals surface area contributed by atoms with Crippen molar-refractivity contribution in [3.63, 3.8) is 0 Å². The Hall–Kier alpha value is -2.45. The van der Waals surface area contributed by atoms with E-state index in [-0.39, 0.29) is 6.61 Å². The minimum Gasteiger partial charge on any atom is -0.396 e. The summed E-state index contributed by atoms with van der Waals surface area (Å²) in [6.07, 6.45) is 2.67. The Balaban J connectivity index is 0.000000433. The average molecular weight is 320 g/mol. The molecule has 3 rings (SSSR count). The summed E-state index contributed by atoms with van der Waals surface area (Å²) in [6, 6.07) is 10.7. The first-order valence-corrected chi connectivity index (χ1v) is 7.38. The van der Waals surface area contributed by atoms with Gasteiger partial charge in [0.15, 0.2) is 0 Å². The third-order valence-corrected chi connectivity index (χ3v) is 3.75. The van der Waals surface area contributed by atoms with Crippen LogP contribution in [0.2, 0.25) is 0 Å². The number of nitrogens with zero attached hydrogens (tertiary/aromatic N) is 3. The molecule has 8 nitrogen and oxygen atoms in total. The van der Waals surface area contributed by atoms with Gasteiger partial charge in [0.05, 0.1) is 5.52 Å². The fourth-order valence-corrected chi connectivity index (χ4v) is 2.82. The van der Waals surface area contributed by atoms with Crippen LogP contribution in [-0.2, 0) is 0 Å². The van der Waals surface area contributed by atoms with Crippen LogP contribution in [0, 0.1) is 10.1 Å². The Morgan fingerprint density at radius 3 is 2.87 bits per heavy atom. The molecule has 1 atom stereocenters. The van der Waals surface area contributed by atoms with Gasteiger partial charge in [-0.1, -0.05) is 18.2 Å². The van der Waals surface area contributed by atoms with Gasteiger partial charge in [-0.15, -0.1) is 10.1 Å². The molecular formula is C15H20N4O4. The third kappa shape index (κ3) is 4.51. The van der Waals surface area contributed by atoms with Gasteiger partial charge >= 0.3 is 0 Å². The zero-order valence-electron chi connectivity index (χ0n) is 12.6. The van der Waals surface area contributed by atoms with Crippen LogP contribution in [0.15, 0.2) is 36.5 Å². The Morgan fingerprint density at radius 1 is 1.39 bits per heavy atom. The molecule has 124 valence electrons. The number of piperazine rings is 1. The van der Waals surface area contributed by atoms with Crippen LogP contribution in [-0.4, -0.2) is 52.7 Å². The summed E-state index contributed by atoms with van der Waals surface area (Å²) >= 11 is 0. The molecule has 0 radical (unpaired) electrons. The van der Waals surface area contributed by atoms with E-state index in [0.717, 1.165) is 31.6 Å². The molecule has 1 aliphatic heterocycles. The third-order valence-electron chi connectivity index (χ3n) is 3.75. The molecule has 8 heteroatoms. The first-order valence-electron chi connectivity index (χ1n) is 7.38. The Kier molecular flexibility index (Phi) is 6.07. The summed E-state index contributed by atoms with van der Waals surface area (Å²) in [5.74, 6) is 0. The quantitative estimate of drug-likeness (QED) is 0.572. The molecule has 3 N–H and O–H groups in total. The van der Waals surface area contributed by atoms with Crippen molar-refractivity contribution in [1.82, 2.24) is 10.3 Å². The van der Waals surface area contributed by atoms with Crippen LogP contribution < -0.4 is 10.2 Å². The first kappa shape index (κ1) is 16.9.